The van der Waals surface area contributed by atoms with Crippen molar-refractivity contribution in [2.75, 3.05) is 6.54 Å². The predicted octanol–water partition coefficient (Wildman–Crippen LogP) is 4.45. The van der Waals surface area contributed by atoms with E-state index in [0.717, 1.165) is 11.6 Å². The lowest BCUT2D eigenvalue weighted by atomic mass is 9.96. The average Bonchev–Trinajstić information content (AvgIpc) is 3.02. The van der Waals surface area contributed by atoms with Crippen molar-refractivity contribution in [1.29, 1.82) is 0 Å². The van der Waals surface area contributed by atoms with Crippen LogP contribution in [0.3, 0.4) is 0 Å². The molecule has 4 nitrogen and oxygen atoms in total. The maximum Gasteiger partial charge on any atom is 0.417 e. The second-order valence-corrected chi connectivity index (χ2v) is 7.63. The number of rotatable bonds is 6. The molecular formula is C22H22ClF3N2O2. The first-order chi connectivity index (χ1) is 14.2. The van der Waals surface area contributed by atoms with Crippen LogP contribution in [0.2, 0.25) is 5.02 Å². The quantitative estimate of drug-likeness (QED) is 0.724. The van der Waals surface area contributed by atoms with E-state index >= 15 is 0 Å². The third-order valence-electron chi connectivity index (χ3n) is 5.32. The molecule has 0 radical (unpaired) electrons. The SMILES string of the molecule is CCN1C(=O)[C@H](Cc2ccccc2)C[C@H]1C(=O)NCc1cccc(C(F)(F)F)c1Cl. The number of hydrogen-bond acceptors (Lipinski definition) is 2. The highest BCUT2D eigenvalue weighted by Crippen LogP contribution is 2.36. The van der Waals surface area contributed by atoms with Crippen molar-refractivity contribution in [1.82, 2.24) is 10.2 Å². The smallest absolute Gasteiger partial charge is 0.350 e. The topological polar surface area (TPSA) is 49.4 Å². The molecule has 1 aliphatic heterocycles. The highest BCUT2D eigenvalue weighted by Gasteiger charge is 2.42. The summed E-state index contributed by atoms with van der Waals surface area (Å²) in [6.07, 6.45) is -3.66. The number of hydrogen-bond donors (Lipinski definition) is 1. The van der Waals surface area contributed by atoms with Crippen molar-refractivity contribution in [3.63, 3.8) is 0 Å². The Morgan fingerprint density at radius 1 is 1.17 bits per heavy atom. The average molecular weight is 439 g/mol. The molecule has 2 aromatic carbocycles. The van der Waals surface area contributed by atoms with Crippen LogP contribution in [0.5, 0.6) is 0 Å². The summed E-state index contributed by atoms with van der Waals surface area (Å²) in [4.78, 5) is 27.0. The maximum absolute atomic E-state index is 13.0. The molecule has 1 saturated heterocycles. The standard InChI is InChI=1S/C22H22ClF3N2O2/c1-2-28-18(12-16(21(28)30)11-14-7-4-3-5-8-14)20(29)27-13-15-9-6-10-17(19(15)23)22(24,25)26/h3-10,16,18H,2,11-13H2,1H3,(H,27,29)/t16-,18+/m1/s1. The van der Waals surface area contributed by atoms with Crippen LogP contribution < -0.4 is 5.32 Å². The second kappa shape index (κ2) is 9.08. The lowest BCUT2D eigenvalue weighted by Crippen LogP contribution is -2.44. The molecule has 0 bridgehead atoms. The summed E-state index contributed by atoms with van der Waals surface area (Å²) in [5.41, 5.74) is 0.252. The van der Waals surface area contributed by atoms with Crippen LogP contribution in [-0.4, -0.2) is 29.3 Å². The van der Waals surface area contributed by atoms with Crippen molar-refractivity contribution in [3.8, 4) is 0 Å². The first-order valence-corrected chi connectivity index (χ1v) is 10.1. The van der Waals surface area contributed by atoms with Gasteiger partial charge in [0.1, 0.15) is 6.04 Å². The lowest BCUT2D eigenvalue weighted by molar-refractivity contribution is -0.137. The number of carbonyl (C=O) groups excluding carboxylic acids is 2. The zero-order valence-corrected chi connectivity index (χ0v) is 17.1. The lowest BCUT2D eigenvalue weighted by Gasteiger charge is -2.22. The van der Waals surface area contributed by atoms with Crippen molar-refractivity contribution in [3.05, 3.63) is 70.2 Å². The highest BCUT2D eigenvalue weighted by molar-refractivity contribution is 6.32. The number of benzene rings is 2. The zero-order valence-electron chi connectivity index (χ0n) is 16.4. The van der Waals surface area contributed by atoms with Crippen molar-refractivity contribution in [2.45, 2.75) is 38.5 Å². The van der Waals surface area contributed by atoms with Gasteiger partial charge in [-0.3, -0.25) is 9.59 Å². The van der Waals surface area contributed by atoms with Crippen molar-refractivity contribution >= 4 is 23.4 Å². The summed E-state index contributed by atoms with van der Waals surface area (Å²) in [6, 6.07) is 12.5. The number of nitrogens with zero attached hydrogens (tertiary/aromatic N) is 1. The van der Waals surface area contributed by atoms with Crippen LogP contribution in [0.25, 0.3) is 0 Å². The Hall–Kier alpha value is -2.54. The molecule has 2 aromatic rings. The molecule has 1 heterocycles. The van der Waals surface area contributed by atoms with Crippen molar-refractivity contribution in [2.24, 2.45) is 5.92 Å². The van der Waals surface area contributed by atoms with Gasteiger partial charge in [-0.2, -0.15) is 13.2 Å². The molecule has 0 aliphatic carbocycles. The Labute approximate surface area is 178 Å². The van der Waals surface area contributed by atoms with E-state index < -0.39 is 28.7 Å². The van der Waals surface area contributed by atoms with Crippen LogP contribution in [0.1, 0.15) is 30.0 Å². The van der Waals surface area contributed by atoms with Gasteiger partial charge in [0.2, 0.25) is 11.8 Å². The molecule has 3 rings (SSSR count). The van der Waals surface area contributed by atoms with Gasteiger partial charge < -0.3 is 10.2 Å². The molecule has 160 valence electrons. The van der Waals surface area contributed by atoms with E-state index in [1.807, 2.05) is 30.3 Å². The molecule has 1 aliphatic rings. The number of carbonyl (C=O) groups is 2. The van der Waals surface area contributed by atoms with E-state index in [-0.39, 0.29) is 23.9 Å². The summed E-state index contributed by atoms with van der Waals surface area (Å²) in [7, 11) is 0. The van der Waals surface area contributed by atoms with Gasteiger partial charge in [0.25, 0.3) is 0 Å². The summed E-state index contributed by atoms with van der Waals surface area (Å²) in [6.45, 7) is 2.03. The molecule has 2 amide bonds. The Morgan fingerprint density at radius 2 is 1.87 bits per heavy atom. The zero-order chi connectivity index (χ0) is 21.9. The first-order valence-electron chi connectivity index (χ1n) is 9.69. The molecule has 1 N–H and O–H groups in total. The van der Waals surface area contributed by atoms with E-state index in [0.29, 0.717) is 19.4 Å². The van der Waals surface area contributed by atoms with Crippen molar-refractivity contribution < 1.29 is 22.8 Å². The third-order valence-corrected chi connectivity index (χ3v) is 5.77. The summed E-state index contributed by atoms with van der Waals surface area (Å²) < 4.78 is 39.1. The number of halogens is 4. The van der Waals surface area contributed by atoms with E-state index in [1.165, 1.54) is 17.0 Å². The number of amides is 2. The van der Waals surface area contributed by atoms with Crippen LogP contribution in [0.4, 0.5) is 13.2 Å². The number of alkyl halides is 3. The Morgan fingerprint density at radius 3 is 2.50 bits per heavy atom. The molecule has 0 aromatic heterocycles. The molecule has 8 heteroatoms. The van der Waals surface area contributed by atoms with Gasteiger partial charge in [-0.1, -0.05) is 54.1 Å². The maximum atomic E-state index is 13.0. The Kier molecular flexibility index (Phi) is 6.71. The highest BCUT2D eigenvalue weighted by atomic mass is 35.5. The van der Waals surface area contributed by atoms with Gasteiger partial charge in [-0.05, 0) is 37.0 Å². The first kappa shape index (κ1) is 22.2. The minimum atomic E-state index is -4.57. The minimum Gasteiger partial charge on any atom is -0.350 e. The fraction of sp³-hybridized carbons (Fsp3) is 0.364. The molecule has 2 atom stereocenters. The summed E-state index contributed by atoms with van der Waals surface area (Å²) in [5, 5.41) is 2.22. The fourth-order valence-corrected chi connectivity index (χ4v) is 4.12. The van der Waals surface area contributed by atoms with Gasteiger partial charge >= 0.3 is 6.18 Å². The molecule has 1 fully saturated rings. The number of likely N-dealkylation sites (tertiary alicyclic amines) is 1. The van der Waals surface area contributed by atoms with Gasteiger partial charge in [0.05, 0.1) is 10.6 Å². The third kappa shape index (κ3) is 4.78. The number of likely N-dealkylation sites (N-methyl/N-ethyl adjacent to an activating group) is 1. The van der Waals surface area contributed by atoms with Gasteiger partial charge in [0.15, 0.2) is 0 Å². The normalized spacial score (nSPS) is 19.2. The van der Waals surface area contributed by atoms with Gasteiger partial charge in [-0.15, -0.1) is 0 Å². The van der Waals surface area contributed by atoms with Crippen LogP contribution in [0.15, 0.2) is 48.5 Å². The van der Waals surface area contributed by atoms with Crippen LogP contribution in [-0.2, 0) is 28.7 Å². The monoisotopic (exact) mass is 438 g/mol. The second-order valence-electron chi connectivity index (χ2n) is 7.26. The minimum absolute atomic E-state index is 0.0846. The van der Waals surface area contributed by atoms with E-state index in [4.69, 9.17) is 11.6 Å². The van der Waals surface area contributed by atoms with E-state index in [1.54, 1.807) is 6.92 Å². The Balaban J connectivity index is 1.68. The molecule has 0 spiro atoms. The summed E-state index contributed by atoms with van der Waals surface area (Å²) >= 11 is 5.89. The van der Waals surface area contributed by atoms with Gasteiger partial charge in [0, 0.05) is 19.0 Å². The van der Waals surface area contributed by atoms with E-state index in [2.05, 4.69) is 5.32 Å². The molecule has 0 saturated carbocycles. The van der Waals surface area contributed by atoms with Crippen LogP contribution in [0, 0.1) is 5.92 Å². The predicted molar refractivity (Wildman–Crippen MR) is 108 cm³/mol. The van der Waals surface area contributed by atoms with E-state index in [9.17, 15) is 22.8 Å². The Bertz CT molecular complexity index is 918. The molecule has 30 heavy (non-hydrogen) atoms. The largest absolute Gasteiger partial charge is 0.417 e. The van der Waals surface area contributed by atoms with Gasteiger partial charge in [-0.25, -0.2) is 0 Å². The molecule has 0 unspecified atom stereocenters. The summed E-state index contributed by atoms with van der Waals surface area (Å²) in [5.74, 6) is -0.784. The van der Waals surface area contributed by atoms with Crippen LogP contribution >= 0.6 is 11.6 Å². The molecular weight excluding hydrogens is 417 g/mol. The number of nitrogens with one attached hydrogen (secondary N) is 1. The fourth-order valence-electron chi connectivity index (χ4n) is 3.82.